The monoisotopic (exact) mass is 308 g/mol. The molecule has 3 rings (SSSR count). The molecule has 3 aromatic rings. The third-order valence-electron chi connectivity index (χ3n) is 3.14. The summed E-state index contributed by atoms with van der Waals surface area (Å²) in [5.74, 6) is -0.699. The van der Waals surface area contributed by atoms with Crippen molar-refractivity contribution in [3.8, 4) is 5.69 Å². The molecule has 0 fully saturated rings. The van der Waals surface area contributed by atoms with Crippen LogP contribution in [0.3, 0.4) is 0 Å². The fourth-order valence-corrected chi connectivity index (χ4v) is 2.00. The van der Waals surface area contributed by atoms with Crippen molar-refractivity contribution in [3.63, 3.8) is 0 Å². The number of halogens is 1. The van der Waals surface area contributed by atoms with Gasteiger partial charge in [0.05, 0.1) is 5.69 Å². The molecule has 2 aromatic carbocycles. The van der Waals surface area contributed by atoms with Crippen LogP contribution in [-0.4, -0.2) is 20.7 Å². The maximum Gasteiger partial charge on any atom is 0.248 e. The van der Waals surface area contributed by atoms with E-state index in [4.69, 9.17) is 0 Å². The third kappa shape index (κ3) is 3.68. The summed E-state index contributed by atoms with van der Waals surface area (Å²) in [7, 11) is 0. The van der Waals surface area contributed by atoms with Gasteiger partial charge in [-0.25, -0.2) is 14.1 Å². The van der Waals surface area contributed by atoms with Gasteiger partial charge in [-0.2, -0.15) is 5.10 Å². The van der Waals surface area contributed by atoms with Crippen molar-refractivity contribution in [1.29, 1.82) is 0 Å². The molecule has 23 heavy (non-hydrogen) atoms. The van der Waals surface area contributed by atoms with Crippen LogP contribution in [0.5, 0.6) is 0 Å². The van der Waals surface area contributed by atoms with Crippen LogP contribution in [0.15, 0.2) is 67.3 Å². The molecule has 1 N–H and O–H groups in total. The molecule has 0 bridgehead atoms. The molecule has 114 valence electrons. The van der Waals surface area contributed by atoms with E-state index in [2.05, 4.69) is 15.4 Å². The van der Waals surface area contributed by atoms with E-state index in [1.807, 2.05) is 12.1 Å². The Morgan fingerprint density at radius 1 is 1.13 bits per heavy atom. The lowest BCUT2D eigenvalue weighted by Crippen LogP contribution is -2.07. The lowest BCUT2D eigenvalue weighted by atomic mass is 10.2. The molecule has 1 aromatic heterocycles. The average molecular weight is 308 g/mol. The van der Waals surface area contributed by atoms with Gasteiger partial charge in [0.15, 0.2) is 0 Å². The Morgan fingerprint density at radius 2 is 1.91 bits per heavy atom. The number of aromatic nitrogens is 3. The van der Waals surface area contributed by atoms with E-state index in [0.29, 0.717) is 11.3 Å². The smallest absolute Gasteiger partial charge is 0.248 e. The van der Waals surface area contributed by atoms with Gasteiger partial charge in [-0.1, -0.05) is 18.2 Å². The van der Waals surface area contributed by atoms with Gasteiger partial charge >= 0.3 is 0 Å². The molecule has 0 aliphatic heterocycles. The minimum atomic E-state index is -0.367. The summed E-state index contributed by atoms with van der Waals surface area (Å²) in [4.78, 5) is 15.7. The van der Waals surface area contributed by atoms with E-state index in [1.54, 1.807) is 41.3 Å². The molecule has 0 unspecified atom stereocenters. The topological polar surface area (TPSA) is 59.8 Å². The molecule has 0 aliphatic carbocycles. The highest BCUT2D eigenvalue weighted by molar-refractivity contribution is 6.01. The summed E-state index contributed by atoms with van der Waals surface area (Å²) in [6.07, 6.45) is 5.77. The quantitative estimate of drug-likeness (QED) is 0.754. The van der Waals surface area contributed by atoms with Gasteiger partial charge in [-0.05, 0) is 36.4 Å². The first-order chi connectivity index (χ1) is 11.2. The second kappa shape index (κ2) is 6.65. The van der Waals surface area contributed by atoms with E-state index in [-0.39, 0.29) is 11.7 Å². The number of benzene rings is 2. The van der Waals surface area contributed by atoms with Crippen LogP contribution in [0.25, 0.3) is 11.8 Å². The summed E-state index contributed by atoms with van der Waals surface area (Å²) in [6.45, 7) is 0. The molecular weight excluding hydrogens is 295 g/mol. The average Bonchev–Trinajstić information content (AvgIpc) is 3.09. The Bertz CT molecular complexity index is 826. The molecule has 0 atom stereocenters. The standard InChI is InChI=1S/C17H13FN4O/c18-16-4-2-1-3-13(16)5-10-17(23)21-14-6-8-15(9-7-14)22-12-19-11-20-22/h1-12H,(H,21,23)/b10-5+. The second-order valence-corrected chi connectivity index (χ2v) is 4.73. The fourth-order valence-electron chi connectivity index (χ4n) is 2.00. The zero-order valence-electron chi connectivity index (χ0n) is 12.1. The molecule has 5 nitrogen and oxygen atoms in total. The zero-order chi connectivity index (χ0) is 16.1. The number of hydrogen-bond donors (Lipinski definition) is 1. The molecule has 1 amide bonds. The summed E-state index contributed by atoms with van der Waals surface area (Å²) < 4.78 is 15.1. The van der Waals surface area contributed by atoms with Gasteiger partial charge < -0.3 is 5.32 Å². The highest BCUT2D eigenvalue weighted by atomic mass is 19.1. The number of rotatable bonds is 4. The SMILES string of the molecule is O=C(/C=C/c1ccccc1F)Nc1ccc(-n2cncn2)cc1. The highest BCUT2D eigenvalue weighted by Gasteiger charge is 2.01. The second-order valence-electron chi connectivity index (χ2n) is 4.73. The van der Waals surface area contributed by atoms with Crippen molar-refractivity contribution in [2.45, 2.75) is 0 Å². The normalized spacial score (nSPS) is 10.8. The first kappa shape index (κ1) is 14.6. The van der Waals surface area contributed by atoms with Gasteiger partial charge in [0.2, 0.25) is 5.91 Å². The van der Waals surface area contributed by atoms with Crippen molar-refractivity contribution in [3.05, 3.63) is 78.6 Å². The van der Waals surface area contributed by atoms with E-state index in [1.165, 1.54) is 24.5 Å². The summed E-state index contributed by atoms with van der Waals surface area (Å²) >= 11 is 0. The molecule has 0 radical (unpaired) electrons. The molecule has 6 heteroatoms. The summed E-state index contributed by atoms with van der Waals surface area (Å²) in [5.41, 5.74) is 1.84. The predicted molar refractivity (Wildman–Crippen MR) is 85.4 cm³/mol. The highest BCUT2D eigenvalue weighted by Crippen LogP contribution is 2.13. The number of nitrogens with one attached hydrogen (secondary N) is 1. The maximum absolute atomic E-state index is 13.4. The Morgan fingerprint density at radius 3 is 2.61 bits per heavy atom. The lowest BCUT2D eigenvalue weighted by Gasteiger charge is -2.04. The van der Waals surface area contributed by atoms with Crippen LogP contribution < -0.4 is 5.32 Å². The third-order valence-corrected chi connectivity index (χ3v) is 3.14. The number of carbonyl (C=O) groups is 1. The molecule has 1 heterocycles. The van der Waals surface area contributed by atoms with Crippen LogP contribution in [0.2, 0.25) is 0 Å². The molecule has 0 saturated carbocycles. The minimum Gasteiger partial charge on any atom is -0.323 e. The zero-order valence-corrected chi connectivity index (χ0v) is 12.1. The Labute approximate surface area is 132 Å². The largest absolute Gasteiger partial charge is 0.323 e. The molecule has 0 aliphatic rings. The number of hydrogen-bond acceptors (Lipinski definition) is 3. The maximum atomic E-state index is 13.4. The Kier molecular flexibility index (Phi) is 4.24. The predicted octanol–water partition coefficient (Wildman–Crippen LogP) is 3.06. The van der Waals surface area contributed by atoms with Crippen molar-refractivity contribution < 1.29 is 9.18 Å². The van der Waals surface area contributed by atoms with Crippen molar-refractivity contribution in [2.24, 2.45) is 0 Å². The van der Waals surface area contributed by atoms with Gasteiger partial charge in [0.1, 0.15) is 18.5 Å². The molecular formula is C17H13FN4O. The fraction of sp³-hybridized carbons (Fsp3) is 0. The number of carbonyl (C=O) groups excluding carboxylic acids is 1. The van der Waals surface area contributed by atoms with Crippen LogP contribution >= 0.6 is 0 Å². The van der Waals surface area contributed by atoms with E-state index in [9.17, 15) is 9.18 Å². The van der Waals surface area contributed by atoms with E-state index in [0.717, 1.165) is 5.69 Å². The summed E-state index contributed by atoms with van der Waals surface area (Å²) in [6, 6.07) is 13.4. The van der Waals surface area contributed by atoms with Crippen LogP contribution in [0, 0.1) is 5.82 Å². The molecule has 0 saturated heterocycles. The van der Waals surface area contributed by atoms with Crippen molar-refractivity contribution in [1.82, 2.24) is 14.8 Å². The summed E-state index contributed by atoms with van der Waals surface area (Å²) in [5, 5.41) is 6.73. The van der Waals surface area contributed by atoms with Crippen molar-refractivity contribution >= 4 is 17.7 Å². The number of nitrogens with zero attached hydrogens (tertiary/aromatic N) is 3. The van der Waals surface area contributed by atoms with Crippen LogP contribution in [0.4, 0.5) is 10.1 Å². The lowest BCUT2D eigenvalue weighted by molar-refractivity contribution is -0.111. The minimum absolute atomic E-state index is 0.332. The van der Waals surface area contributed by atoms with Gasteiger partial charge in [0, 0.05) is 17.3 Å². The van der Waals surface area contributed by atoms with Crippen LogP contribution in [-0.2, 0) is 4.79 Å². The first-order valence-electron chi connectivity index (χ1n) is 6.91. The van der Waals surface area contributed by atoms with Crippen molar-refractivity contribution in [2.75, 3.05) is 5.32 Å². The molecule has 0 spiro atoms. The van der Waals surface area contributed by atoms with Gasteiger partial charge in [0.25, 0.3) is 0 Å². The number of anilines is 1. The van der Waals surface area contributed by atoms with Gasteiger partial charge in [-0.15, -0.1) is 0 Å². The first-order valence-corrected chi connectivity index (χ1v) is 6.91. The van der Waals surface area contributed by atoms with Crippen LogP contribution in [0.1, 0.15) is 5.56 Å². The van der Waals surface area contributed by atoms with E-state index >= 15 is 0 Å². The van der Waals surface area contributed by atoms with Gasteiger partial charge in [-0.3, -0.25) is 4.79 Å². The Hall–Kier alpha value is -3.28. The Balaban J connectivity index is 1.65. The number of amides is 1. The van der Waals surface area contributed by atoms with E-state index < -0.39 is 0 Å².